The first-order chi connectivity index (χ1) is 18.4. The molecule has 1 heterocycles. The van der Waals surface area contributed by atoms with Crippen molar-refractivity contribution < 1.29 is 28.5 Å². The van der Waals surface area contributed by atoms with Gasteiger partial charge in [-0.3, -0.25) is 4.79 Å². The average Bonchev–Trinajstić information content (AvgIpc) is 3.44. The van der Waals surface area contributed by atoms with E-state index in [4.69, 9.17) is 18.9 Å². The van der Waals surface area contributed by atoms with Gasteiger partial charge in [-0.15, -0.1) is 0 Å². The van der Waals surface area contributed by atoms with Crippen molar-refractivity contribution in [1.82, 2.24) is 5.32 Å². The maximum Gasteiger partial charge on any atom is 0.337 e. The predicted octanol–water partition coefficient (Wildman–Crippen LogP) is 5.56. The molecule has 2 atom stereocenters. The molecule has 0 amide bonds. The number of hydrogen-bond donors (Lipinski definition) is 1. The van der Waals surface area contributed by atoms with Gasteiger partial charge in [-0.2, -0.15) is 0 Å². The molecule has 1 fully saturated rings. The van der Waals surface area contributed by atoms with Crippen molar-refractivity contribution in [2.45, 2.75) is 63.4 Å². The molecule has 2 aliphatic carbocycles. The lowest BCUT2D eigenvalue weighted by Crippen LogP contribution is -2.36. The Bertz CT molecular complexity index is 1300. The molecule has 1 saturated carbocycles. The summed E-state index contributed by atoms with van der Waals surface area (Å²) in [4.78, 5) is 27.6. The van der Waals surface area contributed by atoms with Gasteiger partial charge >= 0.3 is 5.97 Å². The standard InChI is InChI=1S/C31H35NO6/c1-18-28(31(34)38-21-9-5-6-10-21)29(19-13-14-26(36-3)27(17-19)37-4)30-23(32-18)15-20(16-24(30)33)22-11-7-8-12-25(22)35-2/h7-8,11-14,17,20-21,29,32H,5-6,9-10,15-16H2,1-4H3. The number of ketones is 1. The summed E-state index contributed by atoms with van der Waals surface area (Å²) in [5.41, 5.74) is 4.44. The second-order valence-corrected chi connectivity index (χ2v) is 10.2. The van der Waals surface area contributed by atoms with E-state index in [1.165, 1.54) is 0 Å². The first kappa shape index (κ1) is 25.9. The predicted molar refractivity (Wildman–Crippen MR) is 143 cm³/mol. The van der Waals surface area contributed by atoms with E-state index in [2.05, 4.69) is 5.32 Å². The fourth-order valence-corrected chi connectivity index (χ4v) is 6.12. The largest absolute Gasteiger partial charge is 0.496 e. The third kappa shape index (κ3) is 4.77. The van der Waals surface area contributed by atoms with Gasteiger partial charge < -0.3 is 24.3 Å². The van der Waals surface area contributed by atoms with E-state index in [0.29, 0.717) is 41.2 Å². The molecule has 7 heteroatoms. The number of methoxy groups -OCH3 is 3. The first-order valence-electron chi connectivity index (χ1n) is 13.2. The van der Waals surface area contributed by atoms with Gasteiger partial charge in [0.05, 0.1) is 26.9 Å². The summed E-state index contributed by atoms with van der Waals surface area (Å²) in [6.07, 6.45) is 4.75. The van der Waals surface area contributed by atoms with E-state index in [-0.39, 0.29) is 23.8 Å². The molecule has 0 radical (unpaired) electrons. The molecule has 0 saturated heterocycles. The van der Waals surface area contributed by atoms with Gasteiger partial charge in [0.25, 0.3) is 0 Å². The van der Waals surface area contributed by atoms with Crippen LogP contribution in [-0.2, 0) is 14.3 Å². The van der Waals surface area contributed by atoms with Crippen molar-refractivity contribution in [3.05, 3.63) is 76.1 Å². The Morgan fingerprint density at radius 3 is 2.32 bits per heavy atom. The molecular weight excluding hydrogens is 482 g/mol. The maximum atomic E-state index is 13.9. The third-order valence-electron chi connectivity index (χ3n) is 7.94. The molecule has 0 bridgehead atoms. The van der Waals surface area contributed by atoms with Gasteiger partial charge in [0.15, 0.2) is 17.3 Å². The number of Topliss-reactive ketones (excluding diaryl/α,β-unsaturated/α-hetero) is 1. The summed E-state index contributed by atoms with van der Waals surface area (Å²) in [6.45, 7) is 1.89. The fraction of sp³-hybridized carbons (Fsp3) is 0.419. The quantitative estimate of drug-likeness (QED) is 0.482. The van der Waals surface area contributed by atoms with Crippen molar-refractivity contribution in [1.29, 1.82) is 0 Å². The van der Waals surface area contributed by atoms with Gasteiger partial charge in [-0.25, -0.2) is 4.79 Å². The number of esters is 1. The lowest BCUT2D eigenvalue weighted by atomic mass is 9.71. The van der Waals surface area contributed by atoms with E-state index < -0.39 is 5.92 Å². The lowest BCUT2D eigenvalue weighted by molar-refractivity contribution is -0.144. The summed E-state index contributed by atoms with van der Waals surface area (Å²) < 4.78 is 22.6. The fourth-order valence-electron chi connectivity index (χ4n) is 6.12. The number of ether oxygens (including phenoxy) is 4. The molecule has 1 N–H and O–H groups in total. The highest BCUT2D eigenvalue weighted by atomic mass is 16.5. The summed E-state index contributed by atoms with van der Waals surface area (Å²) in [5.74, 6) is 0.945. The van der Waals surface area contributed by atoms with Crippen LogP contribution in [0, 0.1) is 0 Å². The molecule has 200 valence electrons. The number of carbonyl (C=O) groups is 2. The lowest BCUT2D eigenvalue weighted by Gasteiger charge is -2.37. The Hall–Kier alpha value is -3.74. The van der Waals surface area contributed by atoms with E-state index >= 15 is 0 Å². The summed E-state index contributed by atoms with van der Waals surface area (Å²) in [6, 6.07) is 13.4. The van der Waals surface area contributed by atoms with Crippen LogP contribution in [-0.4, -0.2) is 39.2 Å². The zero-order valence-electron chi connectivity index (χ0n) is 22.5. The molecule has 1 aliphatic heterocycles. The van der Waals surface area contributed by atoms with Crippen molar-refractivity contribution in [2.24, 2.45) is 0 Å². The molecule has 5 rings (SSSR count). The molecule has 0 spiro atoms. The van der Waals surface area contributed by atoms with Crippen molar-refractivity contribution in [3.63, 3.8) is 0 Å². The van der Waals surface area contributed by atoms with Gasteiger partial charge in [-0.05, 0) is 68.4 Å². The molecule has 7 nitrogen and oxygen atoms in total. The number of benzene rings is 2. The maximum absolute atomic E-state index is 13.9. The summed E-state index contributed by atoms with van der Waals surface area (Å²) in [7, 11) is 4.81. The summed E-state index contributed by atoms with van der Waals surface area (Å²) in [5, 5.41) is 3.43. The molecular formula is C31H35NO6. The Kier molecular flexibility index (Phi) is 7.45. The minimum Gasteiger partial charge on any atom is -0.496 e. The van der Waals surface area contributed by atoms with E-state index in [0.717, 1.165) is 48.3 Å². The zero-order valence-corrected chi connectivity index (χ0v) is 22.5. The Morgan fingerprint density at radius 2 is 1.61 bits per heavy atom. The monoisotopic (exact) mass is 517 g/mol. The van der Waals surface area contributed by atoms with Gasteiger partial charge in [-0.1, -0.05) is 24.3 Å². The highest BCUT2D eigenvalue weighted by Gasteiger charge is 2.42. The van der Waals surface area contributed by atoms with Crippen LogP contribution in [0.5, 0.6) is 17.2 Å². The molecule has 2 aromatic carbocycles. The van der Waals surface area contributed by atoms with Gasteiger partial charge in [0.1, 0.15) is 11.9 Å². The number of rotatable bonds is 7. The van der Waals surface area contributed by atoms with Crippen molar-refractivity contribution >= 4 is 11.8 Å². The zero-order chi connectivity index (χ0) is 26.8. The van der Waals surface area contributed by atoms with Crippen LogP contribution >= 0.6 is 0 Å². The van der Waals surface area contributed by atoms with Crippen molar-refractivity contribution in [2.75, 3.05) is 21.3 Å². The molecule has 2 aromatic rings. The van der Waals surface area contributed by atoms with Crippen LogP contribution in [0.15, 0.2) is 65.0 Å². The van der Waals surface area contributed by atoms with Crippen LogP contribution in [0.25, 0.3) is 0 Å². The number of para-hydroxylation sites is 1. The Balaban J connectivity index is 1.58. The van der Waals surface area contributed by atoms with Gasteiger partial charge in [0.2, 0.25) is 0 Å². The minimum atomic E-state index is -0.564. The van der Waals surface area contributed by atoms with E-state index in [1.807, 2.05) is 49.4 Å². The molecule has 2 unspecified atom stereocenters. The average molecular weight is 518 g/mol. The van der Waals surface area contributed by atoms with Crippen molar-refractivity contribution in [3.8, 4) is 17.2 Å². The second-order valence-electron chi connectivity index (χ2n) is 10.2. The molecule has 0 aromatic heterocycles. The number of hydrogen-bond acceptors (Lipinski definition) is 7. The number of nitrogens with one attached hydrogen (secondary N) is 1. The normalized spacial score (nSPS) is 21.6. The van der Waals surface area contributed by atoms with E-state index in [9.17, 15) is 9.59 Å². The van der Waals surface area contributed by atoms with Gasteiger partial charge in [0, 0.05) is 35.2 Å². The first-order valence-corrected chi connectivity index (χ1v) is 13.2. The Morgan fingerprint density at radius 1 is 0.895 bits per heavy atom. The molecule has 38 heavy (non-hydrogen) atoms. The highest BCUT2D eigenvalue weighted by molar-refractivity contribution is 6.04. The SMILES string of the molecule is COc1ccc(C2C(C(=O)OC3CCCC3)=C(C)NC3=C2C(=O)CC(c2ccccc2OC)C3)cc1OC. The summed E-state index contributed by atoms with van der Waals surface area (Å²) >= 11 is 0. The van der Waals surface area contributed by atoms with Crippen LogP contribution in [0.4, 0.5) is 0 Å². The van der Waals surface area contributed by atoms with Crippen LogP contribution in [0.1, 0.15) is 68.4 Å². The number of dihydropyridines is 1. The third-order valence-corrected chi connectivity index (χ3v) is 7.94. The van der Waals surface area contributed by atoms with Crippen LogP contribution in [0.3, 0.4) is 0 Å². The van der Waals surface area contributed by atoms with Crippen LogP contribution < -0.4 is 19.5 Å². The topological polar surface area (TPSA) is 83.1 Å². The number of carbonyl (C=O) groups excluding carboxylic acids is 2. The second kappa shape index (κ2) is 10.9. The smallest absolute Gasteiger partial charge is 0.337 e. The highest BCUT2D eigenvalue weighted by Crippen LogP contribution is 2.48. The Labute approximate surface area is 223 Å². The minimum absolute atomic E-state index is 0.00751. The number of allylic oxidation sites excluding steroid dienone is 3. The van der Waals surface area contributed by atoms with Crippen LogP contribution in [0.2, 0.25) is 0 Å². The van der Waals surface area contributed by atoms with E-state index in [1.54, 1.807) is 21.3 Å². The molecule has 3 aliphatic rings.